The Labute approximate surface area is 188 Å². The van der Waals surface area contributed by atoms with Gasteiger partial charge < -0.3 is 14.9 Å². The Bertz CT molecular complexity index is 1140. The molecular weight excluding hydrogens is 430 g/mol. The van der Waals surface area contributed by atoms with E-state index in [1.807, 2.05) is 37.2 Å². The Morgan fingerprint density at radius 1 is 0.969 bits per heavy atom. The molecule has 8 nitrogen and oxygen atoms in total. The summed E-state index contributed by atoms with van der Waals surface area (Å²) in [6, 6.07) is 13.9. The molecule has 0 unspecified atom stereocenters. The molecule has 1 aliphatic heterocycles. The summed E-state index contributed by atoms with van der Waals surface area (Å²) in [6.07, 6.45) is 0. The minimum absolute atomic E-state index is 0.0110. The number of likely N-dealkylation sites (N-methyl/N-ethyl adjacent to an activating group) is 1. The second kappa shape index (κ2) is 9.23. The van der Waals surface area contributed by atoms with Crippen molar-refractivity contribution in [1.29, 1.82) is 0 Å². The molecule has 1 fully saturated rings. The van der Waals surface area contributed by atoms with Crippen molar-refractivity contribution >= 4 is 27.5 Å². The summed E-state index contributed by atoms with van der Waals surface area (Å²) in [6.45, 7) is 0.863. The van der Waals surface area contributed by atoms with Gasteiger partial charge in [0.15, 0.2) is 0 Å². The van der Waals surface area contributed by atoms with E-state index in [-0.39, 0.29) is 21.8 Å². The van der Waals surface area contributed by atoms with Crippen LogP contribution in [0.3, 0.4) is 0 Å². The number of nitrogens with zero attached hydrogens (tertiary/aromatic N) is 3. The largest absolute Gasteiger partial charge is 0.507 e. The number of amides is 1. The van der Waals surface area contributed by atoms with Crippen molar-refractivity contribution in [3.05, 3.63) is 71.3 Å². The standard InChI is InChI=1S/C23H27N3O5S/c1-24(2)14-15-26-20(16-8-6-5-7-9-16)19(22(28)23(26)29)21(27)17-10-12-18(13-11-17)32(30,31)25(3)4/h5-13,20,27H,14-15H2,1-4H3/t20-/m1/s1. The minimum atomic E-state index is -3.63. The van der Waals surface area contributed by atoms with E-state index in [1.165, 1.54) is 43.3 Å². The van der Waals surface area contributed by atoms with Crippen LogP contribution in [0.4, 0.5) is 0 Å². The van der Waals surface area contributed by atoms with Crippen LogP contribution in [0.2, 0.25) is 0 Å². The number of aliphatic hydroxyl groups is 1. The SMILES string of the molecule is CN(C)CCN1C(=O)C(=O)C(=C(O)c2ccc(S(=O)(=O)N(C)C)cc2)[C@H]1c1ccccc1. The van der Waals surface area contributed by atoms with Gasteiger partial charge in [-0.25, -0.2) is 12.7 Å². The smallest absolute Gasteiger partial charge is 0.295 e. The molecule has 1 N–H and O–H groups in total. The van der Waals surface area contributed by atoms with E-state index in [4.69, 9.17) is 0 Å². The van der Waals surface area contributed by atoms with Crippen molar-refractivity contribution in [1.82, 2.24) is 14.1 Å². The second-order valence-corrected chi connectivity index (χ2v) is 10.2. The lowest BCUT2D eigenvalue weighted by atomic mass is 9.95. The number of carbonyl (C=O) groups is 2. The van der Waals surface area contributed by atoms with Gasteiger partial charge in [-0.3, -0.25) is 9.59 Å². The maximum absolute atomic E-state index is 12.9. The van der Waals surface area contributed by atoms with Gasteiger partial charge in [0, 0.05) is 32.7 Å². The average molecular weight is 458 g/mol. The van der Waals surface area contributed by atoms with Gasteiger partial charge >= 0.3 is 0 Å². The predicted molar refractivity (Wildman–Crippen MR) is 121 cm³/mol. The first-order chi connectivity index (χ1) is 15.1. The quantitative estimate of drug-likeness (QED) is 0.388. The van der Waals surface area contributed by atoms with Crippen LogP contribution in [0, 0.1) is 0 Å². The molecule has 0 aromatic heterocycles. The molecular formula is C23H27N3O5S. The fraction of sp³-hybridized carbons (Fsp3) is 0.304. The normalized spacial score (nSPS) is 18.7. The van der Waals surface area contributed by atoms with E-state index in [0.29, 0.717) is 18.7 Å². The molecule has 9 heteroatoms. The summed E-state index contributed by atoms with van der Waals surface area (Å²) in [4.78, 5) is 29.2. The number of hydrogen-bond donors (Lipinski definition) is 1. The van der Waals surface area contributed by atoms with Crippen LogP contribution in [0.5, 0.6) is 0 Å². The second-order valence-electron chi connectivity index (χ2n) is 8.02. The number of likely N-dealkylation sites (tertiary alicyclic amines) is 1. The molecule has 1 amide bonds. The molecule has 32 heavy (non-hydrogen) atoms. The first-order valence-electron chi connectivity index (χ1n) is 10.1. The van der Waals surface area contributed by atoms with Gasteiger partial charge in [-0.05, 0) is 43.9 Å². The number of ketones is 1. The minimum Gasteiger partial charge on any atom is -0.507 e. The molecule has 170 valence electrons. The number of aliphatic hydroxyl groups excluding tert-OH is 1. The molecule has 0 spiro atoms. The summed E-state index contributed by atoms with van der Waals surface area (Å²) >= 11 is 0. The number of rotatable bonds is 7. The molecule has 0 radical (unpaired) electrons. The Morgan fingerprint density at radius 2 is 1.56 bits per heavy atom. The highest BCUT2D eigenvalue weighted by atomic mass is 32.2. The lowest BCUT2D eigenvalue weighted by molar-refractivity contribution is -0.140. The Hall–Kier alpha value is -3.01. The molecule has 0 saturated carbocycles. The zero-order chi connectivity index (χ0) is 23.6. The third-order valence-corrected chi connectivity index (χ3v) is 7.18. The van der Waals surface area contributed by atoms with Crippen LogP contribution in [0.1, 0.15) is 17.2 Å². The molecule has 1 saturated heterocycles. The summed E-state index contributed by atoms with van der Waals surface area (Å²) in [5, 5.41) is 11.0. The molecule has 1 heterocycles. The number of benzene rings is 2. The number of sulfonamides is 1. The third kappa shape index (κ3) is 4.45. The predicted octanol–water partition coefficient (Wildman–Crippen LogP) is 1.92. The van der Waals surface area contributed by atoms with Crippen LogP contribution in [-0.4, -0.2) is 80.6 Å². The average Bonchev–Trinajstić information content (AvgIpc) is 3.02. The molecule has 2 aromatic carbocycles. The molecule has 3 rings (SSSR count). The molecule has 0 bridgehead atoms. The first kappa shape index (κ1) is 23.6. The van der Waals surface area contributed by atoms with Gasteiger partial charge in [0.05, 0.1) is 16.5 Å². The zero-order valence-corrected chi connectivity index (χ0v) is 19.3. The molecule has 0 aliphatic carbocycles. The van der Waals surface area contributed by atoms with Crippen LogP contribution < -0.4 is 0 Å². The Balaban J connectivity index is 2.10. The van der Waals surface area contributed by atoms with Crippen LogP contribution in [0.15, 0.2) is 65.1 Å². The van der Waals surface area contributed by atoms with Crippen molar-refractivity contribution in [3.8, 4) is 0 Å². The van der Waals surface area contributed by atoms with Gasteiger partial charge in [-0.2, -0.15) is 0 Å². The van der Waals surface area contributed by atoms with Crippen molar-refractivity contribution in [2.24, 2.45) is 0 Å². The van der Waals surface area contributed by atoms with E-state index in [0.717, 1.165) is 4.31 Å². The summed E-state index contributed by atoms with van der Waals surface area (Å²) in [5.41, 5.74) is 0.955. The zero-order valence-electron chi connectivity index (χ0n) is 18.5. The number of hydrogen-bond acceptors (Lipinski definition) is 6. The maximum atomic E-state index is 12.9. The fourth-order valence-electron chi connectivity index (χ4n) is 3.55. The lowest BCUT2D eigenvalue weighted by Gasteiger charge is -2.26. The van der Waals surface area contributed by atoms with Crippen molar-refractivity contribution in [3.63, 3.8) is 0 Å². The lowest BCUT2D eigenvalue weighted by Crippen LogP contribution is -2.35. The van der Waals surface area contributed by atoms with E-state index in [2.05, 4.69) is 0 Å². The number of carbonyl (C=O) groups excluding carboxylic acids is 2. The Kier molecular flexibility index (Phi) is 6.82. The monoisotopic (exact) mass is 457 g/mol. The van der Waals surface area contributed by atoms with E-state index in [9.17, 15) is 23.1 Å². The van der Waals surface area contributed by atoms with Crippen molar-refractivity contribution in [2.75, 3.05) is 41.3 Å². The third-order valence-electron chi connectivity index (χ3n) is 5.35. The van der Waals surface area contributed by atoms with E-state index >= 15 is 0 Å². The highest BCUT2D eigenvalue weighted by Gasteiger charge is 2.45. The van der Waals surface area contributed by atoms with Gasteiger partial charge in [-0.15, -0.1) is 0 Å². The highest BCUT2D eigenvalue weighted by molar-refractivity contribution is 7.89. The fourth-order valence-corrected chi connectivity index (χ4v) is 4.45. The van der Waals surface area contributed by atoms with E-state index in [1.54, 1.807) is 12.1 Å². The van der Waals surface area contributed by atoms with Gasteiger partial charge in [0.25, 0.3) is 11.7 Å². The molecule has 1 aliphatic rings. The molecule has 2 aromatic rings. The molecule has 1 atom stereocenters. The summed E-state index contributed by atoms with van der Waals surface area (Å²) < 4.78 is 25.7. The van der Waals surface area contributed by atoms with Gasteiger partial charge in [0.1, 0.15) is 5.76 Å². The van der Waals surface area contributed by atoms with Crippen molar-refractivity contribution in [2.45, 2.75) is 10.9 Å². The summed E-state index contributed by atoms with van der Waals surface area (Å²) in [7, 11) is 2.97. The first-order valence-corrected chi connectivity index (χ1v) is 11.5. The maximum Gasteiger partial charge on any atom is 0.295 e. The Morgan fingerprint density at radius 3 is 2.09 bits per heavy atom. The summed E-state index contributed by atoms with van der Waals surface area (Å²) in [5.74, 6) is -1.77. The highest BCUT2D eigenvalue weighted by Crippen LogP contribution is 2.39. The van der Waals surface area contributed by atoms with Crippen molar-refractivity contribution < 1.29 is 23.1 Å². The van der Waals surface area contributed by atoms with E-state index < -0.39 is 27.8 Å². The van der Waals surface area contributed by atoms with Gasteiger partial charge in [0.2, 0.25) is 10.0 Å². The van der Waals surface area contributed by atoms with Crippen LogP contribution in [-0.2, 0) is 19.6 Å². The van der Waals surface area contributed by atoms with Crippen LogP contribution in [0.25, 0.3) is 5.76 Å². The number of Topliss-reactive ketones (excluding diaryl/α,β-unsaturated/α-hetero) is 1. The topological polar surface area (TPSA) is 98.2 Å². The van der Waals surface area contributed by atoms with Gasteiger partial charge in [-0.1, -0.05) is 30.3 Å². The van der Waals surface area contributed by atoms with Crippen LogP contribution >= 0.6 is 0 Å².